The van der Waals surface area contributed by atoms with Crippen LogP contribution in [0.5, 0.6) is 5.75 Å². The zero-order valence-electron chi connectivity index (χ0n) is 9.64. The summed E-state index contributed by atoms with van der Waals surface area (Å²) in [6.07, 6.45) is 1.20. The summed E-state index contributed by atoms with van der Waals surface area (Å²) in [5, 5.41) is 10.1. The molecule has 0 saturated heterocycles. The summed E-state index contributed by atoms with van der Waals surface area (Å²) in [7, 11) is -3.98. The van der Waals surface area contributed by atoms with Gasteiger partial charge in [-0.25, -0.2) is 13.4 Å². The lowest BCUT2D eigenvalue weighted by atomic mass is 10.4. The van der Waals surface area contributed by atoms with Gasteiger partial charge in [0.2, 0.25) is 0 Å². The van der Waals surface area contributed by atoms with Crippen molar-refractivity contribution < 1.29 is 13.5 Å². The number of aromatic nitrogens is 1. The Kier molecular flexibility index (Phi) is 4.29. The Hall–Kier alpha value is -1.21. The number of nitrogens with zero attached hydrogens (tertiary/aromatic N) is 1. The molecule has 1 heterocycles. The molecule has 2 N–H and O–H groups in total. The molecule has 0 radical (unpaired) electrons. The summed E-state index contributed by atoms with van der Waals surface area (Å²) in [4.78, 5) is 3.55. The first kappa shape index (κ1) is 15.2. The SMILES string of the molecule is O=S(=O)(Nc1ncc(Cl)cc1O)c1cc(Cl)cc(Cl)c1. The molecule has 0 fully saturated rings. The molecule has 0 saturated carbocycles. The first-order valence-electron chi connectivity index (χ1n) is 5.11. The predicted molar refractivity (Wildman–Crippen MR) is 78.2 cm³/mol. The molecule has 0 bridgehead atoms. The molecule has 0 spiro atoms. The molecule has 0 unspecified atom stereocenters. The van der Waals surface area contributed by atoms with Gasteiger partial charge in [0.15, 0.2) is 11.6 Å². The van der Waals surface area contributed by atoms with Gasteiger partial charge in [-0.1, -0.05) is 34.8 Å². The lowest BCUT2D eigenvalue weighted by Crippen LogP contribution is -2.14. The highest BCUT2D eigenvalue weighted by atomic mass is 35.5. The predicted octanol–water partition coefficient (Wildman–Crippen LogP) is 3.55. The second kappa shape index (κ2) is 5.65. The van der Waals surface area contributed by atoms with E-state index in [0.717, 1.165) is 6.07 Å². The molecule has 0 aliphatic rings. The molecule has 0 aliphatic carbocycles. The van der Waals surface area contributed by atoms with Gasteiger partial charge in [0.05, 0.1) is 9.92 Å². The fourth-order valence-electron chi connectivity index (χ4n) is 1.38. The molecule has 1 aromatic heterocycles. The van der Waals surface area contributed by atoms with E-state index in [1.54, 1.807) is 0 Å². The molecular formula is C11H7Cl3N2O3S. The van der Waals surface area contributed by atoms with Crippen LogP contribution in [-0.2, 0) is 10.0 Å². The highest BCUT2D eigenvalue weighted by Gasteiger charge is 2.18. The van der Waals surface area contributed by atoms with Crippen LogP contribution in [0.25, 0.3) is 0 Å². The number of aromatic hydroxyl groups is 1. The smallest absolute Gasteiger partial charge is 0.263 e. The number of hydrogen-bond donors (Lipinski definition) is 2. The van der Waals surface area contributed by atoms with E-state index in [9.17, 15) is 13.5 Å². The number of anilines is 1. The van der Waals surface area contributed by atoms with Crippen LogP contribution in [0, 0.1) is 0 Å². The maximum Gasteiger partial charge on any atom is 0.263 e. The summed E-state index contributed by atoms with van der Waals surface area (Å²) >= 11 is 17.1. The second-order valence-electron chi connectivity index (χ2n) is 3.73. The van der Waals surface area contributed by atoms with Gasteiger partial charge >= 0.3 is 0 Å². The molecule has 1 aromatic carbocycles. The monoisotopic (exact) mass is 352 g/mol. The summed E-state index contributed by atoms with van der Waals surface area (Å²) in [6, 6.07) is 5.02. The average Bonchev–Trinajstić information content (AvgIpc) is 2.31. The zero-order valence-corrected chi connectivity index (χ0v) is 12.7. The van der Waals surface area contributed by atoms with Crippen molar-refractivity contribution >= 4 is 50.6 Å². The van der Waals surface area contributed by atoms with Gasteiger partial charge in [0.25, 0.3) is 10.0 Å². The number of rotatable bonds is 3. The molecule has 20 heavy (non-hydrogen) atoms. The van der Waals surface area contributed by atoms with Crippen molar-refractivity contribution in [1.82, 2.24) is 4.98 Å². The molecule has 0 amide bonds. The van der Waals surface area contributed by atoms with Gasteiger partial charge < -0.3 is 5.11 Å². The Morgan fingerprint density at radius 1 is 1.00 bits per heavy atom. The number of pyridine rings is 1. The standard InChI is InChI=1S/C11H7Cl3N2O3S/c12-6-1-7(13)3-9(2-6)20(18,19)16-11-10(17)4-8(14)5-15-11/h1-5,17H,(H,15,16). The molecule has 2 rings (SSSR count). The van der Waals surface area contributed by atoms with Crippen molar-refractivity contribution in [1.29, 1.82) is 0 Å². The molecule has 9 heteroatoms. The third kappa shape index (κ3) is 3.46. The average molecular weight is 354 g/mol. The van der Waals surface area contributed by atoms with E-state index in [1.807, 2.05) is 0 Å². The van der Waals surface area contributed by atoms with Crippen LogP contribution in [0.4, 0.5) is 5.82 Å². The second-order valence-corrected chi connectivity index (χ2v) is 6.72. The number of nitrogens with one attached hydrogen (secondary N) is 1. The highest BCUT2D eigenvalue weighted by molar-refractivity contribution is 7.92. The van der Waals surface area contributed by atoms with Crippen molar-refractivity contribution in [3.63, 3.8) is 0 Å². The fourth-order valence-corrected chi connectivity index (χ4v) is 3.28. The molecular weight excluding hydrogens is 347 g/mol. The fraction of sp³-hybridized carbons (Fsp3) is 0. The van der Waals surface area contributed by atoms with Gasteiger partial charge in [-0.15, -0.1) is 0 Å². The van der Waals surface area contributed by atoms with Crippen molar-refractivity contribution in [3.05, 3.63) is 45.5 Å². The van der Waals surface area contributed by atoms with E-state index >= 15 is 0 Å². The minimum atomic E-state index is -3.98. The van der Waals surface area contributed by atoms with Crippen molar-refractivity contribution in [2.75, 3.05) is 4.72 Å². The summed E-state index contributed by atoms with van der Waals surface area (Å²) in [5.41, 5.74) is 0. The van der Waals surface area contributed by atoms with Gasteiger partial charge in [-0.05, 0) is 18.2 Å². The molecule has 0 atom stereocenters. The Balaban J connectivity index is 2.40. The van der Waals surface area contributed by atoms with E-state index in [4.69, 9.17) is 34.8 Å². The zero-order chi connectivity index (χ0) is 14.9. The summed E-state index contributed by atoms with van der Waals surface area (Å²) in [6.45, 7) is 0. The van der Waals surface area contributed by atoms with Crippen LogP contribution in [0.1, 0.15) is 0 Å². The maximum absolute atomic E-state index is 12.1. The Morgan fingerprint density at radius 3 is 2.15 bits per heavy atom. The summed E-state index contributed by atoms with van der Waals surface area (Å²) < 4.78 is 26.4. The lowest BCUT2D eigenvalue weighted by Gasteiger charge is -2.09. The van der Waals surface area contributed by atoms with Crippen LogP contribution >= 0.6 is 34.8 Å². The Morgan fingerprint density at radius 2 is 1.60 bits per heavy atom. The quantitative estimate of drug-likeness (QED) is 0.884. The van der Waals surface area contributed by atoms with Crippen molar-refractivity contribution in [3.8, 4) is 5.75 Å². The van der Waals surface area contributed by atoms with Crippen LogP contribution < -0.4 is 4.72 Å². The highest BCUT2D eigenvalue weighted by Crippen LogP contribution is 2.28. The van der Waals surface area contributed by atoms with Gasteiger partial charge in [-0.2, -0.15) is 0 Å². The van der Waals surface area contributed by atoms with Crippen LogP contribution in [0.2, 0.25) is 15.1 Å². The van der Waals surface area contributed by atoms with E-state index in [-0.39, 0.29) is 25.8 Å². The van der Waals surface area contributed by atoms with Gasteiger partial charge in [0, 0.05) is 22.3 Å². The van der Waals surface area contributed by atoms with Crippen LogP contribution in [0.3, 0.4) is 0 Å². The number of hydrogen-bond acceptors (Lipinski definition) is 4. The molecule has 5 nitrogen and oxygen atoms in total. The Labute approximate surface area is 130 Å². The normalized spacial score (nSPS) is 11.3. The minimum absolute atomic E-state index is 0.147. The van der Waals surface area contributed by atoms with Crippen LogP contribution in [0.15, 0.2) is 35.4 Å². The third-order valence-corrected chi connectivity index (χ3v) is 4.17. The topological polar surface area (TPSA) is 79.3 Å². The van der Waals surface area contributed by atoms with Gasteiger partial charge in [0.1, 0.15) is 0 Å². The van der Waals surface area contributed by atoms with E-state index < -0.39 is 15.8 Å². The largest absolute Gasteiger partial charge is 0.504 e. The first-order chi connectivity index (χ1) is 9.28. The van der Waals surface area contributed by atoms with E-state index in [1.165, 1.54) is 24.4 Å². The van der Waals surface area contributed by atoms with Crippen molar-refractivity contribution in [2.45, 2.75) is 4.90 Å². The maximum atomic E-state index is 12.1. The van der Waals surface area contributed by atoms with E-state index in [2.05, 4.69) is 9.71 Å². The minimum Gasteiger partial charge on any atom is -0.504 e. The van der Waals surface area contributed by atoms with Gasteiger partial charge in [-0.3, -0.25) is 4.72 Å². The van der Waals surface area contributed by atoms with E-state index in [0.29, 0.717) is 0 Å². The third-order valence-electron chi connectivity index (χ3n) is 2.21. The van der Waals surface area contributed by atoms with Crippen LogP contribution in [-0.4, -0.2) is 18.5 Å². The lowest BCUT2D eigenvalue weighted by molar-refractivity contribution is 0.475. The number of halogens is 3. The molecule has 106 valence electrons. The Bertz CT molecular complexity index is 745. The van der Waals surface area contributed by atoms with Crippen molar-refractivity contribution in [2.24, 2.45) is 0 Å². The molecule has 0 aliphatic heterocycles. The summed E-state index contributed by atoms with van der Waals surface area (Å²) in [5.74, 6) is -0.639. The molecule has 2 aromatic rings. The number of sulfonamides is 1. The first-order valence-corrected chi connectivity index (χ1v) is 7.73. The number of benzene rings is 1.